The molecule has 3 rings (SSSR count). The second-order valence-corrected chi connectivity index (χ2v) is 6.67. The molecule has 1 aliphatic carbocycles. The highest BCUT2D eigenvalue weighted by Gasteiger charge is 2.30. The molecule has 1 aliphatic rings. The van der Waals surface area contributed by atoms with Gasteiger partial charge in [0, 0.05) is 25.1 Å². The largest absolute Gasteiger partial charge is 0.481 e. The van der Waals surface area contributed by atoms with Crippen molar-refractivity contribution in [2.24, 2.45) is 11.8 Å². The Labute approximate surface area is 151 Å². The smallest absolute Gasteiger partial charge is 0.306 e. The van der Waals surface area contributed by atoms with E-state index in [1.165, 1.54) is 12.1 Å². The molecule has 2 aromatic rings. The van der Waals surface area contributed by atoms with Crippen LogP contribution in [0.1, 0.15) is 31.4 Å². The van der Waals surface area contributed by atoms with Gasteiger partial charge in [0.25, 0.3) is 0 Å². The molecule has 26 heavy (non-hydrogen) atoms. The lowest BCUT2D eigenvalue weighted by Crippen LogP contribution is -2.36. The lowest BCUT2D eigenvalue weighted by molar-refractivity contribution is -0.144. The first kappa shape index (κ1) is 18.1. The highest BCUT2D eigenvalue weighted by molar-refractivity contribution is 5.80. The number of halogens is 1. The minimum atomic E-state index is -0.811. The van der Waals surface area contributed by atoms with Gasteiger partial charge in [-0.1, -0.05) is 6.42 Å². The van der Waals surface area contributed by atoms with Crippen LogP contribution in [0.4, 0.5) is 4.39 Å². The number of carbonyl (C=O) groups is 2. The summed E-state index contributed by atoms with van der Waals surface area (Å²) < 4.78 is 14.6. The van der Waals surface area contributed by atoms with Crippen molar-refractivity contribution in [1.29, 1.82) is 0 Å². The molecule has 0 saturated heterocycles. The average Bonchev–Trinajstić information content (AvgIpc) is 3.11. The lowest BCUT2D eigenvalue weighted by Gasteiger charge is -2.25. The van der Waals surface area contributed by atoms with Crippen molar-refractivity contribution in [2.45, 2.75) is 32.1 Å². The maximum absolute atomic E-state index is 13.0. The third-order valence-corrected chi connectivity index (χ3v) is 4.81. The Hall–Kier alpha value is -2.70. The molecular weight excluding hydrogens is 337 g/mol. The molecule has 0 spiro atoms. The second-order valence-electron chi connectivity index (χ2n) is 6.67. The Balaban J connectivity index is 1.48. The van der Waals surface area contributed by atoms with Crippen LogP contribution >= 0.6 is 0 Å². The van der Waals surface area contributed by atoms with Gasteiger partial charge in [-0.3, -0.25) is 9.59 Å². The molecule has 0 aliphatic heterocycles. The van der Waals surface area contributed by atoms with Crippen molar-refractivity contribution in [3.8, 4) is 5.69 Å². The predicted molar refractivity (Wildman–Crippen MR) is 93.3 cm³/mol. The van der Waals surface area contributed by atoms with Gasteiger partial charge in [-0.2, -0.15) is 5.10 Å². The van der Waals surface area contributed by atoms with Gasteiger partial charge in [-0.15, -0.1) is 0 Å². The standard InChI is InChI=1S/C19H22FN3O3/c20-15-4-6-17(7-5-15)23-11-9-16(22-23)8-10-21-18(24)13-2-1-3-14(12-13)19(25)26/h4-7,9,11,13-14H,1-3,8,10,12H2,(H,21,24)(H,25,26). The Morgan fingerprint density at radius 1 is 1.19 bits per heavy atom. The summed E-state index contributed by atoms with van der Waals surface area (Å²) in [6, 6.07) is 7.92. The highest BCUT2D eigenvalue weighted by Crippen LogP contribution is 2.29. The molecule has 1 aromatic carbocycles. The molecule has 1 fully saturated rings. The third kappa shape index (κ3) is 4.47. The molecule has 2 N–H and O–H groups in total. The van der Waals surface area contributed by atoms with Crippen LogP contribution < -0.4 is 5.32 Å². The Kier molecular flexibility index (Phi) is 5.65. The number of rotatable bonds is 6. The minimum Gasteiger partial charge on any atom is -0.481 e. The van der Waals surface area contributed by atoms with Crippen molar-refractivity contribution in [3.05, 3.63) is 48.0 Å². The first-order valence-corrected chi connectivity index (χ1v) is 8.84. The fourth-order valence-corrected chi connectivity index (χ4v) is 3.34. The van der Waals surface area contributed by atoms with E-state index in [4.69, 9.17) is 5.11 Å². The van der Waals surface area contributed by atoms with Crippen LogP contribution in [-0.2, 0) is 16.0 Å². The van der Waals surface area contributed by atoms with Gasteiger partial charge in [0.1, 0.15) is 5.82 Å². The fraction of sp³-hybridized carbons (Fsp3) is 0.421. The van der Waals surface area contributed by atoms with Gasteiger partial charge in [0.2, 0.25) is 5.91 Å². The van der Waals surface area contributed by atoms with Crippen molar-refractivity contribution < 1.29 is 19.1 Å². The quantitative estimate of drug-likeness (QED) is 0.830. The molecule has 0 bridgehead atoms. The third-order valence-electron chi connectivity index (χ3n) is 4.81. The van der Waals surface area contributed by atoms with Gasteiger partial charge < -0.3 is 10.4 Å². The van der Waals surface area contributed by atoms with Crippen LogP contribution in [0.2, 0.25) is 0 Å². The molecule has 1 amide bonds. The summed E-state index contributed by atoms with van der Waals surface area (Å²) in [6.07, 6.45) is 4.96. The Morgan fingerprint density at radius 3 is 2.65 bits per heavy atom. The number of aliphatic carboxylic acids is 1. The van der Waals surface area contributed by atoms with Crippen molar-refractivity contribution in [1.82, 2.24) is 15.1 Å². The molecule has 2 atom stereocenters. The summed E-state index contributed by atoms with van der Waals surface area (Å²) in [6.45, 7) is 0.452. The molecule has 2 unspecified atom stereocenters. The molecule has 1 saturated carbocycles. The van der Waals surface area contributed by atoms with Crippen LogP contribution in [0.15, 0.2) is 36.5 Å². The normalized spacial score (nSPS) is 19.9. The lowest BCUT2D eigenvalue weighted by atomic mass is 9.81. The number of benzene rings is 1. The molecular formula is C19H22FN3O3. The van der Waals surface area contributed by atoms with E-state index in [1.54, 1.807) is 23.0 Å². The van der Waals surface area contributed by atoms with E-state index in [0.717, 1.165) is 24.2 Å². The first-order chi connectivity index (χ1) is 12.5. The van der Waals surface area contributed by atoms with E-state index in [-0.39, 0.29) is 17.6 Å². The highest BCUT2D eigenvalue weighted by atomic mass is 19.1. The maximum Gasteiger partial charge on any atom is 0.306 e. The number of hydrogen-bond donors (Lipinski definition) is 2. The predicted octanol–water partition coefficient (Wildman–Crippen LogP) is 2.56. The van der Waals surface area contributed by atoms with Gasteiger partial charge in [0.15, 0.2) is 0 Å². The van der Waals surface area contributed by atoms with Crippen LogP contribution in [0.3, 0.4) is 0 Å². The number of hydrogen-bond acceptors (Lipinski definition) is 3. The molecule has 1 heterocycles. The van der Waals surface area contributed by atoms with Gasteiger partial charge >= 0.3 is 5.97 Å². The summed E-state index contributed by atoms with van der Waals surface area (Å²) in [5.74, 6) is -1.81. The summed E-state index contributed by atoms with van der Waals surface area (Å²) >= 11 is 0. The van der Waals surface area contributed by atoms with Gasteiger partial charge in [0.05, 0.1) is 17.3 Å². The first-order valence-electron chi connectivity index (χ1n) is 8.84. The number of nitrogens with zero attached hydrogens (tertiary/aromatic N) is 2. The number of carboxylic acid groups (broad SMARTS) is 1. The zero-order valence-electron chi connectivity index (χ0n) is 14.4. The van der Waals surface area contributed by atoms with Crippen LogP contribution in [0.25, 0.3) is 5.69 Å². The number of carbonyl (C=O) groups excluding carboxylic acids is 1. The number of amides is 1. The minimum absolute atomic E-state index is 0.0751. The van der Waals surface area contributed by atoms with Gasteiger partial charge in [-0.25, -0.2) is 9.07 Å². The van der Waals surface area contributed by atoms with E-state index >= 15 is 0 Å². The molecule has 0 radical (unpaired) electrons. The van der Waals surface area contributed by atoms with Crippen LogP contribution in [0, 0.1) is 17.7 Å². The summed E-state index contributed by atoms with van der Waals surface area (Å²) in [7, 11) is 0. The Bertz CT molecular complexity index is 773. The maximum atomic E-state index is 13.0. The number of aromatic nitrogens is 2. The van der Waals surface area contributed by atoms with E-state index in [9.17, 15) is 14.0 Å². The van der Waals surface area contributed by atoms with E-state index in [1.807, 2.05) is 6.07 Å². The van der Waals surface area contributed by atoms with E-state index < -0.39 is 11.9 Å². The van der Waals surface area contributed by atoms with E-state index in [2.05, 4.69) is 10.4 Å². The average molecular weight is 359 g/mol. The number of carboxylic acids is 1. The SMILES string of the molecule is O=C(O)C1CCCC(C(=O)NCCc2ccn(-c3ccc(F)cc3)n2)C1. The molecule has 6 nitrogen and oxygen atoms in total. The molecule has 138 valence electrons. The molecule has 1 aromatic heterocycles. The summed E-state index contributed by atoms with van der Waals surface area (Å²) in [4.78, 5) is 23.3. The van der Waals surface area contributed by atoms with E-state index in [0.29, 0.717) is 25.8 Å². The summed E-state index contributed by atoms with van der Waals surface area (Å²) in [5.41, 5.74) is 1.59. The van der Waals surface area contributed by atoms with Crippen molar-refractivity contribution >= 4 is 11.9 Å². The second kappa shape index (κ2) is 8.12. The number of nitrogens with one attached hydrogen (secondary N) is 1. The van der Waals surface area contributed by atoms with Crippen LogP contribution in [0.5, 0.6) is 0 Å². The summed E-state index contributed by atoms with van der Waals surface area (Å²) in [5, 5.41) is 16.4. The van der Waals surface area contributed by atoms with Crippen molar-refractivity contribution in [2.75, 3.05) is 6.54 Å². The zero-order valence-corrected chi connectivity index (χ0v) is 14.4. The molecule has 7 heteroatoms. The topological polar surface area (TPSA) is 84.2 Å². The zero-order chi connectivity index (χ0) is 18.5. The van der Waals surface area contributed by atoms with Crippen LogP contribution in [-0.4, -0.2) is 33.3 Å². The van der Waals surface area contributed by atoms with Crippen molar-refractivity contribution in [3.63, 3.8) is 0 Å². The fourth-order valence-electron chi connectivity index (χ4n) is 3.34. The van der Waals surface area contributed by atoms with Gasteiger partial charge in [-0.05, 0) is 49.6 Å². The monoisotopic (exact) mass is 359 g/mol. The Morgan fingerprint density at radius 2 is 1.92 bits per heavy atom.